The van der Waals surface area contributed by atoms with E-state index in [9.17, 15) is 4.79 Å². The molecule has 2 N–H and O–H groups in total. The van der Waals surface area contributed by atoms with Gasteiger partial charge in [-0.1, -0.05) is 38.1 Å². The van der Waals surface area contributed by atoms with E-state index in [0.29, 0.717) is 12.3 Å². The molecular formula is C20H33N3O2. The maximum atomic E-state index is 11.0. The van der Waals surface area contributed by atoms with Crippen LogP contribution in [-0.4, -0.2) is 39.2 Å². The van der Waals surface area contributed by atoms with Crippen molar-refractivity contribution in [1.82, 2.24) is 10.6 Å². The van der Waals surface area contributed by atoms with Gasteiger partial charge in [-0.15, -0.1) is 0 Å². The maximum Gasteiger partial charge on any atom is 0.305 e. The number of methoxy groups -OCH3 is 1. The van der Waals surface area contributed by atoms with E-state index in [1.165, 1.54) is 18.2 Å². The van der Waals surface area contributed by atoms with Crippen molar-refractivity contribution >= 4 is 11.9 Å². The minimum atomic E-state index is -0.149. The van der Waals surface area contributed by atoms with E-state index in [2.05, 4.69) is 58.5 Å². The molecule has 0 aliphatic heterocycles. The average Bonchev–Trinajstić information content (AvgIpc) is 2.63. The number of guanidine groups is 1. The number of carbonyl (C=O) groups is 1. The molecule has 0 spiro atoms. The highest BCUT2D eigenvalue weighted by Crippen LogP contribution is 2.15. The van der Waals surface area contributed by atoms with Crippen LogP contribution in [0.5, 0.6) is 0 Å². The third kappa shape index (κ3) is 9.13. The van der Waals surface area contributed by atoms with Crippen molar-refractivity contribution in [1.29, 1.82) is 0 Å². The number of aryl methyl sites for hydroxylation is 1. The lowest BCUT2D eigenvalue weighted by Gasteiger charge is -2.12. The van der Waals surface area contributed by atoms with Crippen molar-refractivity contribution in [2.75, 3.05) is 27.2 Å². The Balaban J connectivity index is 2.15. The van der Waals surface area contributed by atoms with Crippen LogP contribution < -0.4 is 10.6 Å². The molecule has 0 atom stereocenters. The number of nitrogens with zero attached hydrogens (tertiary/aromatic N) is 1. The summed E-state index contributed by atoms with van der Waals surface area (Å²) in [7, 11) is 3.19. The summed E-state index contributed by atoms with van der Waals surface area (Å²) in [5.74, 6) is 1.25. The molecule has 1 aromatic carbocycles. The van der Waals surface area contributed by atoms with Crippen molar-refractivity contribution in [2.45, 2.75) is 51.9 Å². The number of esters is 1. The monoisotopic (exact) mass is 347 g/mol. The number of hydrogen-bond donors (Lipinski definition) is 2. The molecule has 5 nitrogen and oxygen atoms in total. The van der Waals surface area contributed by atoms with Crippen LogP contribution in [0, 0.1) is 0 Å². The van der Waals surface area contributed by atoms with Gasteiger partial charge in [0.25, 0.3) is 0 Å². The van der Waals surface area contributed by atoms with E-state index >= 15 is 0 Å². The van der Waals surface area contributed by atoms with Gasteiger partial charge in [-0.3, -0.25) is 9.79 Å². The summed E-state index contributed by atoms with van der Waals surface area (Å²) in [5, 5.41) is 6.59. The lowest BCUT2D eigenvalue weighted by atomic mass is 10.0. The smallest absolute Gasteiger partial charge is 0.305 e. The Morgan fingerprint density at radius 1 is 1.08 bits per heavy atom. The summed E-state index contributed by atoms with van der Waals surface area (Å²) in [4.78, 5) is 15.2. The molecule has 0 unspecified atom stereocenters. The van der Waals surface area contributed by atoms with Gasteiger partial charge in [0.05, 0.1) is 7.11 Å². The van der Waals surface area contributed by atoms with Gasteiger partial charge in [0, 0.05) is 26.6 Å². The molecule has 0 saturated heterocycles. The highest BCUT2D eigenvalue weighted by Gasteiger charge is 2.02. The molecule has 0 fully saturated rings. The Bertz CT molecular complexity index is 524. The van der Waals surface area contributed by atoms with Gasteiger partial charge in [-0.05, 0) is 42.7 Å². The number of rotatable bonds is 10. The van der Waals surface area contributed by atoms with E-state index in [1.54, 1.807) is 7.05 Å². The molecule has 1 aromatic rings. The van der Waals surface area contributed by atoms with Gasteiger partial charge in [0.1, 0.15) is 0 Å². The standard InChI is InChI=1S/C20H33N3O2/c1-16(2)18-12-10-17(11-13-18)8-7-15-23-20(21-3)22-14-6-5-9-19(24)25-4/h10-13,16H,5-9,14-15H2,1-4H3,(H2,21,22,23). The molecule has 0 saturated carbocycles. The van der Waals surface area contributed by atoms with Crippen molar-refractivity contribution in [3.8, 4) is 0 Å². The molecule has 0 aliphatic rings. The quantitative estimate of drug-likeness (QED) is 0.295. The SMILES string of the molecule is CN=C(NCCCCC(=O)OC)NCCCc1ccc(C(C)C)cc1. The van der Waals surface area contributed by atoms with Crippen LogP contribution in [0.4, 0.5) is 0 Å². The second-order valence-corrected chi connectivity index (χ2v) is 6.46. The fraction of sp³-hybridized carbons (Fsp3) is 0.600. The first-order valence-electron chi connectivity index (χ1n) is 9.17. The van der Waals surface area contributed by atoms with E-state index in [0.717, 1.165) is 44.7 Å². The number of carbonyl (C=O) groups excluding carboxylic acids is 1. The van der Waals surface area contributed by atoms with Crippen molar-refractivity contribution in [3.05, 3.63) is 35.4 Å². The van der Waals surface area contributed by atoms with E-state index in [1.807, 2.05) is 0 Å². The van der Waals surface area contributed by atoms with Crippen LogP contribution >= 0.6 is 0 Å². The lowest BCUT2D eigenvalue weighted by molar-refractivity contribution is -0.140. The number of aliphatic imine (C=N–C) groups is 1. The summed E-state index contributed by atoms with van der Waals surface area (Å²) < 4.78 is 4.62. The molecule has 25 heavy (non-hydrogen) atoms. The highest BCUT2D eigenvalue weighted by atomic mass is 16.5. The fourth-order valence-electron chi connectivity index (χ4n) is 2.49. The van der Waals surface area contributed by atoms with Crippen LogP contribution in [0.3, 0.4) is 0 Å². The number of benzene rings is 1. The molecule has 0 aromatic heterocycles. The van der Waals surface area contributed by atoms with Gasteiger partial charge in [-0.25, -0.2) is 0 Å². The first-order chi connectivity index (χ1) is 12.1. The normalized spacial score (nSPS) is 11.5. The number of unbranched alkanes of at least 4 members (excludes halogenated alkanes) is 1. The molecule has 0 bridgehead atoms. The van der Waals surface area contributed by atoms with Crippen LogP contribution in [0.25, 0.3) is 0 Å². The van der Waals surface area contributed by atoms with Gasteiger partial charge in [0.15, 0.2) is 5.96 Å². The summed E-state index contributed by atoms with van der Waals surface area (Å²) in [5.41, 5.74) is 2.76. The molecule has 5 heteroatoms. The molecular weight excluding hydrogens is 314 g/mol. The summed E-state index contributed by atoms with van der Waals surface area (Å²) in [6.45, 7) is 6.11. The van der Waals surface area contributed by atoms with Crippen molar-refractivity contribution in [3.63, 3.8) is 0 Å². The number of hydrogen-bond acceptors (Lipinski definition) is 3. The fourth-order valence-corrected chi connectivity index (χ4v) is 2.49. The average molecular weight is 348 g/mol. The molecule has 140 valence electrons. The van der Waals surface area contributed by atoms with Gasteiger partial charge < -0.3 is 15.4 Å². The zero-order valence-corrected chi connectivity index (χ0v) is 16.1. The Hall–Kier alpha value is -2.04. The van der Waals surface area contributed by atoms with E-state index < -0.39 is 0 Å². The molecule has 0 aliphatic carbocycles. The van der Waals surface area contributed by atoms with Crippen molar-refractivity contribution < 1.29 is 9.53 Å². The Kier molecular flexibility index (Phi) is 10.4. The Morgan fingerprint density at radius 2 is 1.72 bits per heavy atom. The summed E-state index contributed by atoms with van der Waals surface area (Å²) >= 11 is 0. The predicted molar refractivity (Wildman–Crippen MR) is 104 cm³/mol. The molecule has 0 heterocycles. The molecule has 0 amide bonds. The van der Waals surface area contributed by atoms with Gasteiger partial charge in [-0.2, -0.15) is 0 Å². The molecule has 0 radical (unpaired) electrons. The predicted octanol–water partition coefficient (Wildman–Crippen LogP) is 3.25. The topological polar surface area (TPSA) is 62.7 Å². The van der Waals surface area contributed by atoms with Crippen LogP contribution in [0.15, 0.2) is 29.3 Å². The highest BCUT2D eigenvalue weighted by molar-refractivity contribution is 5.79. The minimum Gasteiger partial charge on any atom is -0.469 e. The third-order valence-corrected chi connectivity index (χ3v) is 4.13. The number of nitrogens with one attached hydrogen (secondary N) is 2. The third-order valence-electron chi connectivity index (χ3n) is 4.13. The molecule has 1 rings (SSSR count). The first-order valence-corrected chi connectivity index (χ1v) is 9.17. The van der Waals surface area contributed by atoms with Gasteiger partial charge >= 0.3 is 5.97 Å². The van der Waals surface area contributed by atoms with Crippen molar-refractivity contribution in [2.24, 2.45) is 4.99 Å². The summed E-state index contributed by atoms with van der Waals surface area (Å²) in [6.07, 6.45) is 4.33. The van der Waals surface area contributed by atoms with Crippen LogP contribution in [0.2, 0.25) is 0 Å². The van der Waals surface area contributed by atoms with E-state index in [4.69, 9.17) is 0 Å². The second kappa shape index (κ2) is 12.3. The second-order valence-electron chi connectivity index (χ2n) is 6.46. The maximum absolute atomic E-state index is 11.0. The Morgan fingerprint density at radius 3 is 2.28 bits per heavy atom. The largest absolute Gasteiger partial charge is 0.469 e. The zero-order chi connectivity index (χ0) is 18.5. The van der Waals surface area contributed by atoms with Crippen LogP contribution in [-0.2, 0) is 16.0 Å². The lowest BCUT2D eigenvalue weighted by Crippen LogP contribution is -2.38. The zero-order valence-electron chi connectivity index (χ0n) is 16.1. The number of ether oxygens (including phenoxy) is 1. The first kappa shape index (κ1) is 21.0. The van der Waals surface area contributed by atoms with Gasteiger partial charge in [0.2, 0.25) is 0 Å². The Labute approximate surface area is 152 Å². The minimum absolute atomic E-state index is 0.149. The van der Waals surface area contributed by atoms with Crippen LogP contribution in [0.1, 0.15) is 56.6 Å². The van der Waals surface area contributed by atoms with E-state index in [-0.39, 0.29) is 5.97 Å². The summed E-state index contributed by atoms with van der Waals surface area (Å²) in [6, 6.07) is 8.90.